The molecule has 0 aliphatic carbocycles. The molecule has 2 heterocycles. The van der Waals surface area contributed by atoms with Crippen LogP contribution in [0.15, 0.2) is 0 Å². The topological polar surface area (TPSA) is 62.4 Å². The van der Waals surface area contributed by atoms with E-state index in [9.17, 15) is 4.79 Å². The minimum Gasteiger partial charge on any atom is -0.379 e. The van der Waals surface area contributed by atoms with E-state index in [0.29, 0.717) is 6.61 Å². The molecular weight excluding hydrogens is 182 g/mol. The van der Waals surface area contributed by atoms with Crippen LogP contribution in [0.3, 0.4) is 0 Å². The summed E-state index contributed by atoms with van der Waals surface area (Å²) in [5.74, 6) is 0. The summed E-state index contributed by atoms with van der Waals surface area (Å²) in [7, 11) is 0. The highest BCUT2D eigenvalue weighted by molar-refractivity contribution is 5.74. The predicted molar refractivity (Wildman–Crippen MR) is 52.2 cm³/mol. The standard InChI is InChI=1S/C9H17N3O2/c13-9(11-7-1-3-10-5-7)12-8-2-4-14-6-8/h7-8,10H,1-6H2,(H2,11,12,13)/t7-,8?/m0/s1. The van der Waals surface area contributed by atoms with Gasteiger partial charge < -0.3 is 20.7 Å². The minimum atomic E-state index is -0.0609. The molecule has 0 aromatic heterocycles. The summed E-state index contributed by atoms with van der Waals surface area (Å²) >= 11 is 0. The van der Waals surface area contributed by atoms with E-state index >= 15 is 0 Å². The van der Waals surface area contributed by atoms with Crippen molar-refractivity contribution >= 4 is 6.03 Å². The van der Waals surface area contributed by atoms with Crippen molar-refractivity contribution in [3.05, 3.63) is 0 Å². The van der Waals surface area contributed by atoms with Gasteiger partial charge >= 0.3 is 6.03 Å². The summed E-state index contributed by atoms with van der Waals surface area (Å²) in [5, 5.41) is 9.04. The molecule has 3 N–H and O–H groups in total. The van der Waals surface area contributed by atoms with Gasteiger partial charge in [0.25, 0.3) is 0 Å². The Morgan fingerprint density at radius 1 is 1.29 bits per heavy atom. The van der Waals surface area contributed by atoms with Gasteiger partial charge in [-0.05, 0) is 19.4 Å². The molecule has 0 radical (unpaired) electrons. The van der Waals surface area contributed by atoms with E-state index in [0.717, 1.165) is 32.5 Å². The maximum absolute atomic E-state index is 11.4. The number of urea groups is 1. The van der Waals surface area contributed by atoms with Gasteiger partial charge in [0.1, 0.15) is 0 Å². The van der Waals surface area contributed by atoms with Gasteiger partial charge in [-0.15, -0.1) is 0 Å². The molecular formula is C9H17N3O2. The van der Waals surface area contributed by atoms with Crippen molar-refractivity contribution in [2.75, 3.05) is 26.3 Å². The fourth-order valence-corrected chi connectivity index (χ4v) is 1.84. The number of amides is 2. The maximum Gasteiger partial charge on any atom is 0.315 e. The molecule has 2 rings (SSSR count). The Labute approximate surface area is 83.6 Å². The van der Waals surface area contributed by atoms with Gasteiger partial charge in [0.15, 0.2) is 0 Å². The summed E-state index contributed by atoms with van der Waals surface area (Å²) in [5.41, 5.74) is 0. The average Bonchev–Trinajstić information content (AvgIpc) is 2.76. The normalized spacial score (nSPS) is 31.7. The van der Waals surface area contributed by atoms with Crippen molar-refractivity contribution in [3.8, 4) is 0 Å². The molecule has 0 aromatic rings. The lowest BCUT2D eigenvalue weighted by molar-refractivity contribution is 0.188. The molecule has 0 aromatic carbocycles. The third kappa shape index (κ3) is 2.59. The van der Waals surface area contributed by atoms with Gasteiger partial charge in [-0.2, -0.15) is 0 Å². The van der Waals surface area contributed by atoms with E-state index in [1.165, 1.54) is 0 Å². The van der Waals surface area contributed by atoms with Crippen LogP contribution in [0.25, 0.3) is 0 Å². The first-order chi connectivity index (χ1) is 6.84. The van der Waals surface area contributed by atoms with Crippen LogP contribution in [0, 0.1) is 0 Å². The monoisotopic (exact) mass is 199 g/mol. The molecule has 14 heavy (non-hydrogen) atoms. The Morgan fingerprint density at radius 3 is 2.79 bits per heavy atom. The van der Waals surface area contributed by atoms with Crippen LogP contribution in [-0.2, 0) is 4.74 Å². The molecule has 2 fully saturated rings. The number of ether oxygens (including phenoxy) is 1. The lowest BCUT2D eigenvalue weighted by atomic mass is 10.2. The molecule has 0 bridgehead atoms. The summed E-state index contributed by atoms with van der Waals surface area (Å²) in [6, 6.07) is 0.427. The van der Waals surface area contributed by atoms with Gasteiger partial charge in [-0.1, -0.05) is 0 Å². The quantitative estimate of drug-likeness (QED) is 0.558. The maximum atomic E-state index is 11.4. The molecule has 80 valence electrons. The van der Waals surface area contributed by atoms with E-state index in [4.69, 9.17) is 4.74 Å². The van der Waals surface area contributed by atoms with Crippen molar-refractivity contribution in [3.63, 3.8) is 0 Å². The van der Waals surface area contributed by atoms with Crippen LogP contribution >= 0.6 is 0 Å². The molecule has 2 saturated heterocycles. The number of carbonyl (C=O) groups excluding carboxylic acids is 1. The van der Waals surface area contributed by atoms with Gasteiger partial charge in [0.05, 0.1) is 12.6 Å². The third-order valence-electron chi connectivity index (χ3n) is 2.66. The highest BCUT2D eigenvalue weighted by Crippen LogP contribution is 2.03. The molecule has 2 aliphatic rings. The second kappa shape index (κ2) is 4.61. The average molecular weight is 199 g/mol. The Bertz CT molecular complexity index is 178. The number of hydrogen-bond donors (Lipinski definition) is 3. The van der Waals surface area contributed by atoms with Gasteiger partial charge in [0, 0.05) is 19.2 Å². The molecule has 2 aliphatic heterocycles. The smallest absolute Gasteiger partial charge is 0.315 e. The summed E-state index contributed by atoms with van der Waals surface area (Å²) in [6.07, 6.45) is 1.95. The lowest BCUT2D eigenvalue weighted by Crippen LogP contribution is -2.47. The minimum absolute atomic E-state index is 0.0609. The molecule has 5 nitrogen and oxygen atoms in total. The molecule has 2 atom stereocenters. The summed E-state index contributed by atoms with van der Waals surface area (Å²) in [4.78, 5) is 11.4. The predicted octanol–water partition coefficient (Wildman–Crippen LogP) is -0.564. The SMILES string of the molecule is O=C(NC1CCOC1)N[C@H]1CCNC1. The molecule has 0 saturated carbocycles. The molecule has 2 amide bonds. The molecule has 1 unspecified atom stereocenters. The number of carbonyl (C=O) groups is 1. The number of nitrogens with one attached hydrogen (secondary N) is 3. The first kappa shape index (κ1) is 9.73. The van der Waals surface area contributed by atoms with Crippen molar-refractivity contribution in [2.45, 2.75) is 24.9 Å². The van der Waals surface area contributed by atoms with E-state index in [1.807, 2.05) is 0 Å². The Morgan fingerprint density at radius 2 is 2.14 bits per heavy atom. The second-order valence-corrected chi connectivity index (χ2v) is 3.87. The van der Waals surface area contributed by atoms with Gasteiger partial charge in [-0.25, -0.2) is 4.79 Å². The van der Waals surface area contributed by atoms with Crippen molar-refractivity contribution in [2.24, 2.45) is 0 Å². The second-order valence-electron chi connectivity index (χ2n) is 3.87. The Hall–Kier alpha value is -0.810. The first-order valence-corrected chi connectivity index (χ1v) is 5.20. The first-order valence-electron chi connectivity index (χ1n) is 5.20. The number of rotatable bonds is 2. The summed E-state index contributed by atoms with van der Waals surface area (Å²) < 4.78 is 5.17. The fourth-order valence-electron chi connectivity index (χ4n) is 1.84. The van der Waals surface area contributed by atoms with E-state index in [1.54, 1.807) is 0 Å². The number of hydrogen-bond acceptors (Lipinski definition) is 3. The Balaban J connectivity index is 1.66. The van der Waals surface area contributed by atoms with Crippen LogP contribution in [0.5, 0.6) is 0 Å². The highest BCUT2D eigenvalue weighted by atomic mass is 16.5. The van der Waals surface area contributed by atoms with E-state index < -0.39 is 0 Å². The van der Waals surface area contributed by atoms with Crippen LogP contribution in [0.4, 0.5) is 4.79 Å². The van der Waals surface area contributed by atoms with E-state index in [2.05, 4.69) is 16.0 Å². The zero-order valence-electron chi connectivity index (χ0n) is 8.21. The zero-order valence-corrected chi connectivity index (χ0v) is 8.21. The van der Waals surface area contributed by atoms with Crippen molar-refractivity contribution in [1.82, 2.24) is 16.0 Å². The van der Waals surface area contributed by atoms with Crippen LogP contribution in [0.2, 0.25) is 0 Å². The fraction of sp³-hybridized carbons (Fsp3) is 0.889. The molecule has 0 spiro atoms. The molecule has 5 heteroatoms. The third-order valence-corrected chi connectivity index (χ3v) is 2.66. The summed E-state index contributed by atoms with van der Waals surface area (Å²) in [6.45, 7) is 3.29. The largest absolute Gasteiger partial charge is 0.379 e. The lowest BCUT2D eigenvalue weighted by Gasteiger charge is -2.15. The van der Waals surface area contributed by atoms with Crippen LogP contribution in [-0.4, -0.2) is 44.4 Å². The van der Waals surface area contributed by atoms with Crippen LogP contribution < -0.4 is 16.0 Å². The Kier molecular flexibility index (Phi) is 3.21. The van der Waals surface area contributed by atoms with Crippen LogP contribution in [0.1, 0.15) is 12.8 Å². The highest BCUT2D eigenvalue weighted by Gasteiger charge is 2.20. The van der Waals surface area contributed by atoms with Crippen molar-refractivity contribution < 1.29 is 9.53 Å². The van der Waals surface area contributed by atoms with Crippen molar-refractivity contribution in [1.29, 1.82) is 0 Å². The van der Waals surface area contributed by atoms with Gasteiger partial charge in [0.2, 0.25) is 0 Å². The van der Waals surface area contributed by atoms with E-state index in [-0.39, 0.29) is 18.1 Å². The zero-order chi connectivity index (χ0) is 9.80. The van der Waals surface area contributed by atoms with Gasteiger partial charge in [-0.3, -0.25) is 0 Å².